The molecule has 0 aliphatic heterocycles. The number of aliphatic carboxylic acids is 1. The molecule has 0 unspecified atom stereocenters. The van der Waals surface area contributed by atoms with Gasteiger partial charge in [-0.25, -0.2) is 9.59 Å². The number of ether oxygens (including phenoxy) is 1. The summed E-state index contributed by atoms with van der Waals surface area (Å²) in [6.07, 6.45) is 4.56. The van der Waals surface area contributed by atoms with Crippen molar-refractivity contribution in [2.24, 2.45) is 17.8 Å². The molecule has 0 spiro atoms. The summed E-state index contributed by atoms with van der Waals surface area (Å²) in [6, 6.07) is -1.33. The molecule has 4 rings (SSSR count). The molecule has 4 aliphatic rings. The molecule has 0 aromatic heterocycles. The maximum absolute atomic E-state index is 12.0. The standard InChI is InChI=1S/C15H23NO5/c1-8(17)12(13(18)19)16-14(20)21-15-5-9-2-10(6-15)4-11(3-9)7-15/h8-12,17H,2-7H2,1H3,(H,16,20)(H,18,19)/t8-,9?,10?,11?,12+,15?/m0/s1. The van der Waals surface area contributed by atoms with E-state index >= 15 is 0 Å². The Balaban J connectivity index is 1.63. The van der Waals surface area contributed by atoms with Crippen molar-refractivity contribution in [1.29, 1.82) is 0 Å². The second kappa shape index (κ2) is 5.16. The van der Waals surface area contributed by atoms with Gasteiger partial charge in [-0.3, -0.25) is 0 Å². The largest absolute Gasteiger partial charge is 0.480 e. The normalized spacial score (nSPS) is 39.6. The number of carbonyl (C=O) groups is 2. The molecule has 4 bridgehead atoms. The lowest BCUT2D eigenvalue weighted by molar-refractivity contribution is -0.144. The van der Waals surface area contributed by atoms with E-state index in [1.807, 2.05) is 0 Å². The quantitative estimate of drug-likeness (QED) is 0.731. The summed E-state index contributed by atoms with van der Waals surface area (Å²) in [5.74, 6) is 0.690. The molecule has 1 amide bonds. The van der Waals surface area contributed by atoms with Gasteiger partial charge in [0.2, 0.25) is 0 Å². The zero-order valence-electron chi connectivity index (χ0n) is 12.2. The molecule has 6 nitrogen and oxygen atoms in total. The van der Waals surface area contributed by atoms with Crippen molar-refractivity contribution in [3.63, 3.8) is 0 Å². The first-order valence-electron chi connectivity index (χ1n) is 7.77. The average Bonchev–Trinajstić information content (AvgIpc) is 2.32. The first kappa shape index (κ1) is 14.6. The number of carboxylic acid groups (broad SMARTS) is 1. The number of carbonyl (C=O) groups excluding carboxylic acids is 1. The summed E-state index contributed by atoms with van der Waals surface area (Å²) in [5, 5.41) is 20.7. The van der Waals surface area contributed by atoms with Crippen molar-refractivity contribution in [2.45, 2.75) is 63.2 Å². The Morgan fingerprint density at radius 2 is 1.62 bits per heavy atom. The summed E-state index contributed by atoms with van der Waals surface area (Å²) in [4.78, 5) is 23.0. The van der Waals surface area contributed by atoms with Gasteiger partial charge < -0.3 is 20.3 Å². The van der Waals surface area contributed by atoms with Crippen LogP contribution in [0.1, 0.15) is 45.4 Å². The van der Waals surface area contributed by atoms with E-state index in [2.05, 4.69) is 5.32 Å². The highest BCUT2D eigenvalue weighted by Crippen LogP contribution is 2.57. The van der Waals surface area contributed by atoms with E-state index < -0.39 is 29.8 Å². The summed E-state index contributed by atoms with van der Waals surface area (Å²) in [5.41, 5.74) is -0.402. The van der Waals surface area contributed by atoms with Crippen molar-refractivity contribution in [3.05, 3.63) is 0 Å². The summed E-state index contributed by atoms with van der Waals surface area (Å²) in [6.45, 7) is 1.34. The Kier molecular flexibility index (Phi) is 3.59. The Bertz CT molecular complexity index is 412. The molecular weight excluding hydrogens is 274 g/mol. The van der Waals surface area contributed by atoms with Crippen LogP contribution in [0.15, 0.2) is 0 Å². The lowest BCUT2D eigenvalue weighted by Gasteiger charge is -2.55. The van der Waals surface area contributed by atoms with Crippen LogP contribution in [-0.2, 0) is 9.53 Å². The third-order valence-electron chi connectivity index (χ3n) is 5.31. The number of aliphatic hydroxyl groups excluding tert-OH is 1. The van der Waals surface area contributed by atoms with Crippen LogP contribution in [0.3, 0.4) is 0 Å². The van der Waals surface area contributed by atoms with E-state index in [0.717, 1.165) is 19.3 Å². The lowest BCUT2D eigenvalue weighted by Crippen LogP contribution is -2.55. The number of hydrogen-bond acceptors (Lipinski definition) is 4. The number of rotatable bonds is 4. The van der Waals surface area contributed by atoms with Gasteiger partial charge >= 0.3 is 12.1 Å². The van der Waals surface area contributed by atoms with Crippen molar-refractivity contribution in [3.8, 4) is 0 Å². The summed E-state index contributed by atoms with van der Waals surface area (Å²) < 4.78 is 5.66. The van der Waals surface area contributed by atoms with Crippen LogP contribution >= 0.6 is 0 Å². The Morgan fingerprint density at radius 1 is 1.14 bits per heavy atom. The zero-order chi connectivity index (χ0) is 15.2. The minimum atomic E-state index is -1.33. The van der Waals surface area contributed by atoms with Crippen LogP contribution in [0.2, 0.25) is 0 Å². The monoisotopic (exact) mass is 297 g/mol. The Labute approximate surface area is 123 Å². The van der Waals surface area contributed by atoms with E-state index in [1.165, 1.54) is 26.2 Å². The van der Waals surface area contributed by atoms with Crippen molar-refractivity contribution >= 4 is 12.1 Å². The predicted molar refractivity (Wildman–Crippen MR) is 73.6 cm³/mol. The Morgan fingerprint density at radius 3 is 2.00 bits per heavy atom. The smallest absolute Gasteiger partial charge is 0.408 e. The van der Waals surface area contributed by atoms with Gasteiger partial charge in [-0.1, -0.05) is 0 Å². The van der Waals surface area contributed by atoms with Crippen LogP contribution in [0.4, 0.5) is 4.79 Å². The third-order valence-corrected chi connectivity index (χ3v) is 5.31. The number of alkyl carbamates (subject to hydrolysis) is 1. The van der Waals surface area contributed by atoms with Crippen molar-refractivity contribution < 1.29 is 24.5 Å². The van der Waals surface area contributed by atoms with Crippen molar-refractivity contribution in [1.82, 2.24) is 5.32 Å². The summed E-state index contributed by atoms with van der Waals surface area (Å²) in [7, 11) is 0. The highest BCUT2D eigenvalue weighted by molar-refractivity contribution is 5.80. The third kappa shape index (κ3) is 2.86. The molecule has 0 saturated heterocycles. The fourth-order valence-electron chi connectivity index (χ4n) is 4.90. The van der Waals surface area contributed by atoms with Gasteiger partial charge in [-0.2, -0.15) is 0 Å². The van der Waals surface area contributed by atoms with Gasteiger partial charge in [0.05, 0.1) is 6.10 Å². The van der Waals surface area contributed by atoms with Gasteiger partial charge in [0, 0.05) is 0 Å². The maximum Gasteiger partial charge on any atom is 0.408 e. The lowest BCUT2D eigenvalue weighted by atomic mass is 9.54. The van der Waals surface area contributed by atoms with Gasteiger partial charge in [0.1, 0.15) is 5.60 Å². The number of amides is 1. The molecular formula is C15H23NO5. The van der Waals surface area contributed by atoms with Gasteiger partial charge in [0.15, 0.2) is 6.04 Å². The second-order valence-corrected chi connectivity index (χ2v) is 7.19. The number of nitrogens with one attached hydrogen (secondary N) is 1. The van der Waals surface area contributed by atoms with Crippen LogP contribution in [0.25, 0.3) is 0 Å². The first-order valence-corrected chi connectivity index (χ1v) is 7.77. The first-order chi connectivity index (χ1) is 9.87. The second-order valence-electron chi connectivity index (χ2n) is 7.19. The van der Waals surface area contributed by atoms with E-state index in [9.17, 15) is 14.7 Å². The van der Waals surface area contributed by atoms with Crippen LogP contribution in [-0.4, -0.2) is 40.0 Å². The highest BCUT2D eigenvalue weighted by Gasteiger charge is 2.53. The highest BCUT2D eigenvalue weighted by atomic mass is 16.6. The molecule has 2 atom stereocenters. The van der Waals surface area contributed by atoms with Gasteiger partial charge in [-0.05, 0) is 63.2 Å². The number of carboxylic acids is 1. The minimum Gasteiger partial charge on any atom is -0.480 e. The van der Waals surface area contributed by atoms with Crippen molar-refractivity contribution in [2.75, 3.05) is 0 Å². The molecule has 0 radical (unpaired) electrons. The topological polar surface area (TPSA) is 95.9 Å². The zero-order valence-corrected chi connectivity index (χ0v) is 12.2. The summed E-state index contributed by atoms with van der Waals surface area (Å²) >= 11 is 0. The Hall–Kier alpha value is -1.30. The molecule has 3 N–H and O–H groups in total. The average molecular weight is 297 g/mol. The van der Waals surface area contributed by atoms with Crippen LogP contribution in [0.5, 0.6) is 0 Å². The SMILES string of the molecule is C[C@H](O)[C@@H](NC(=O)OC12CC3CC(CC(C3)C1)C2)C(=O)O. The van der Waals surface area contributed by atoms with Gasteiger partial charge in [-0.15, -0.1) is 0 Å². The minimum absolute atomic E-state index is 0.402. The maximum atomic E-state index is 12.0. The van der Waals surface area contributed by atoms with Crippen LogP contribution < -0.4 is 5.32 Å². The molecule has 118 valence electrons. The molecule has 4 aliphatic carbocycles. The van der Waals surface area contributed by atoms with E-state index in [1.54, 1.807) is 0 Å². The molecule has 4 saturated carbocycles. The van der Waals surface area contributed by atoms with Gasteiger partial charge in [0.25, 0.3) is 0 Å². The molecule has 21 heavy (non-hydrogen) atoms. The molecule has 0 heterocycles. The fourth-order valence-corrected chi connectivity index (χ4v) is 4.90. The molecule has 4 fully saturated rings. The number of hydrogen-bond donors (Lipinski definition) is 3. The molecule has 0 aromatic carbocycles. The van der Waals surface area contributed by atoms with E-state index in [-0.39, 0.29) is 0 Å². The van der Waals surface area contributed by atoms with E-state index in [4.69, 9.17) is 9.84 Å². The fraction of sp³-hybridized carbons (Fsp3) is 0.867. The molecule has 6 heteroatoms. The number of aliphatic hydroxyl groups is 1. The van der Waals surface area contributed by atoms with E-state index in [0.29, 0.717) is 17.8 Å². The van der Waals surface area contributed by atoms with Crippen LogP contribution in [0, 0.1) is 17.8 Å². The molecule has 0 aromatic rings. The predicted octanol–water partition coefficient (Wildman–Crippen LogP) is 1.52.